The van der Waals surface area contributed by atoms with Crippen LogP contribution in [0.4, 0.5) is 4.79 Å². The van der Waals surface area contributed by atoms with Crippen LogP contribution in [-0.4, -0.2) is 24.8 Å². The van der Waals surface area contributed by atoms with Gasteiger partial charge < -0.3 is 10.1 Å². The molecule has 106 valence electrons. The van der Waals surface area contributed by atoms with Gasteiger partial charge >= 0.3 is 6.09 Å². The predicted octanol–water partition coefficient (Wildman–Crippen LogP) is 3.26. The Morgan fingerprint density at radius 1 is 1.28 bits per heavy atom. The summed E-state index contributed by atoms with van der Waals surface area (Å²) in [4.78, 5) is 11.6. The quantitative estimate of drug-likeness (QED) is 0.592. The average molecular weight is 368 g/mol. The van der Waals surface area contributed by atoms with Crippen molar-refractivity contribution >= 4 is 29.0 Å². The third kappa shape index (κ3) is 6.78. The molecule has 2 atom stereocenters. The van der Waals surface area contributed by atoms with E-state index in [9.17, 15) is 4.79 Å². The topological polar surface area (TPSA) is 50.4 Å². The number of hydrogen-bond donors (Lipinski definition) is 2. The van der Waals surface area contributed by atoms with Gasteiger partial charge in [-0.1, -0.05) is 6.42 Å². The van der Waals surface area contributed by atoms with Crippen molar-refractivity contribution in [1.29, 1.82) is 0 Å². The molecule has 1 amide bonds. The molecule has 2 unspecified atom stereocenters. The number of amides is 1. The third-order valence-electron chi connectivity index (χ3n) is 3.19. The van der Waals surface area contributed by atoms with Gasteiger partial charge in [-0.15, -0.1) is 0 Å². The van der Waals surface area contributed by atoms with Crippen molar-refractivity contribution in [2.45, 2.75) is 52.1 Å². The highest BCUT2D eigenvalue weighted by Gasteiger charge is 2.23. The molecule has 0 aromatic rings. The van der Waals surface area contributed by atoms with Crippen LogP contribution in [-0.2, 0) is 4.74 Å². The highest BCUT2D eigenvalue weighted by Crippen LogP contribution is 2.28. The Bertz CT molecular complexity index is 264. The summed E-state index contributed by atoms with van der Waals surface area (Å²) >= 11 is 2.20. The fourth-order valence-electron chi connectivity index (χ4n) is 2.42. The van der Waals surface area contributed by atoms with E-state index < -0.39 is 5.60 Å². The molecular formula is C13H25IN2O2. The van der Waals surface area contributed by atoms with Crippen LogP contribution in [0.3, 0.4) is 0 Å². The molecule has 0 bridgehead atoms. The Labute approximate surface area is 124 Å². The first-order valence-corrected chi connectivity index (χ1v) is 7.79. The molecule has 0 saturated heterocycles. The zero-order chi connectivity index (χ0) is 13.6. The summed E-state index contributed by atoms with van der Waals surface area (Å²) in [7, 11) is 0. The van der Waals surface area contributed by atoms with Crippen LogP contribution >= 0.6 is 22.9 Å². The number of rotatable bonds is 4. The monoisotopic (exact) mass is 368 g/mol. The Morgan fingerprint density at radius 2 is 1.89 bits per heavy atom. The molecule has 1 fully saturated rings. The van der Waals surface area contributed by atoms with Gasteiger partial charge in [0.05, 0.1) is 0 Å². The number of carbonyl (C=O) groups is 1. The van der Waals surface area contributed by atoms with Gasteiger partial charge in [-0.25, -0.2) is 4.79 Å². The number of alkyl carbamates (subject to hydrolysis) is 1. The molecule has 0 spiro atoms. The van der Waals surface area contributed by atoms with E-state index in [0.29, 0.717) is 5.92 Å². The second-order valence-corrected chi connectivity index (χ2v) is 6.88. The van der Waals surface area contributed by atoms with Crippen LogP contribution in [0.25, 0.3) is 0 Å². The molecule has 0 heterocycles. The van der Waals surface area contributed by atoms with Gasteiger partial charge in [-0.3, -0.25) is 3.53 Å². The van der Waals surface area contributed by atoms with Gasteiger partial charge in [-0.05, 0) is 51.9 Å². The second kappa shape index (κ2) is 7.53. The molecule has 1 rings (SSSR count). The standard InChI is InChI=1S/C13H25IN2O2/c1-13(2,3)18-12(17)15-8-10-5-4-6-11(7-10)9-16-14/h10-11,16H,4-9H2,1-3H3,(H,15,17). The highest BCUT2D eigenvalue weighted by atomic mass is 127. The van der Waals surface area contributed by atoms with Crippen molar-refractivity contribution in [2.24, 2.45) is 11.8 Å². The first-order chi connectivity index (χ1) is 8.40. The fourth-order valence-corrected chi connectivity index (χ4v) is 3.05. The van der Waals surface area contributed by atoms with Crippen LogP contribution in [0.15, 0.2) is 0 Å². The summed E-state index contributed by atoms with van der Waals surface area (Å²) in [5.41, 5.74) is -0.412. The Hall–Kier alpha value is -0.0400. The first kappa shape index (κ1) is 16.0. The zero-order valence-corrected chi connectivity index (χ0v) is 13.7. The summed E-state index contributed by atoms with van der Waals surface area (Å²) in [6, 6.07) is 0. The minimum absolute atomic E-state index is 0.295. The largest absolute Gasteiger partial charge is 0.444 e. The lowest BCUT2D eigenvalue weighted by atomic mass is 9.81. The van der Waals surface area contributed by atoms with E-state index in [-0.39, 0.29) is 6.09 Å². The molecule has 2 N–H and O–H groups in total. The van der Waals surface area contributed by atoms with E-state index in [1.165, 1.54) is 25.7 Å². The molecule has 0 radical (unpaired) electrons. The Balaban J connectivity index is 2.24. The summed E-state index contributed by atoms with van der Waals surface area (Å²) in [5.74, 6) is 1.35. The Kier molecular flexibility index (Phi) is 6.70. The van der Waals surface area contributed by atoms with Crippen LogP contribution in [0, 0.1) is 11.8 Å². The zero-order valence-electron chi connectivity index (χ0n) is 11.6. The van der Waals surface area contributed by atoms with Crippen LogP contribution in [0.1, 0.15) is 46.5 Å². The van der Waals surface area contributed by atoms with Gasteiger partial charge in [-0.2, -0.15) is 0 Å². The van der Waals surface area contributed by atoms with Gasteiger partial charge in [0.15, 0.2) is 0 Å². The van der Waals surface area contributed by atoms with Crippen LogP contribution < -0.4 is 8.85 Å². The van der Waals surface area contributed by atoms with E-state index in [2.05, 4.69) is 31.7 Å². The van der Waals surface area contributed by atoms with E-state index in [1.807, 2.05) is 20.8 Å². The molecule has 18 heavy (non-hydrogen) atoms. The number of nitrogens with one attached hydrogen (secondary N) is 2. The molecule has 0 aromatic heterocycles. The van der Waals surface area contributed by atoms with Crippen molar-refractivity contribution in [2.75, 3.05) is 13.1 Å². The molecule has 1 aliphatic rings. The summed E-state index contributed by atoms with van der Waals surface area (Å²) in [5, 5.41) is 2.89. The number of hydrogen-bond acceptors (Lipinski definition) is 3. The number of ether oxygens (including phenoxy) is 1. The maximum atomic E-state index is 11.6. The lowest BCUT2D eigenvalue weighted by molar-refractivity contribution is 0.0512. The van der Waals surface area contributed by atoms with Crippen LogP contribution in [0.2, 0.25) is 0 Å². The molecule has 0 aliphatic heterocycles. The van der Waals surface area contributed by atoms with E-state index in [4.69, 9.17) is 4.74 Å². The Morgan fingerprint density at radius 3 is 2.44 bits per heavy atom. The summed E-state index contributed by atoms with van der Waals surface area (Å²) in [6.45, 7) is 7.47. The van der Waals surface area contributed by atoms with Crippen molar-refractivity contribution in [3.63, 3.8) is 0 Å². The smallest absolute Gasteiger partial charge is 0.407 e. The highest BCUT2D eigenvalue weighted by molar-refractivity contribution is 14.1. The lowest BCUT2D eigenvalue weighted by Crippen LogP contribution is -2.37. The second-order valence-electron chi connectivity index (χ2n) is 6.12. The molecule has 5 heteroatoms. The van der Waals surface area contributed by atoms with Gasteiger partial charge in [0.2, 0.25) is 0 Å². The van der Waals surface area contributed by atoms with E-state index in [0.717, 1.165) is 19.0 Å². The first-order valence-electron chi connectivity index (χ1n) is 6.71. The third-order valence-corrected chi connectivity index (χ3v) is 3.63. The van der Waals surface area contributed by atoms with Crippen molar-refractivity contribution in [1.82, 2.24) is 8.85 Å². The lowest BCUT2D eigenvalue weighted by Gasteiger charge is -2.29. The van der Waals surface area contributed by atoms with Crippen molar-refractivity contribution in [3.05, 3.63) is 0 Å². The minimum atomic E-state index is -0.412. The van der Waals surface area contributed by atoms with Crippen molar-refractivity contribution in [3.8, 4) is 0 Å². The van der Waals surface area contributed by atoms with E-state index in [1.54, 1.807) is 0 Å². The van der Waals surface area contributed by atoms with Crippen LogP contribution in [0.5, 0.6) is 0 Å². The maximum absolute atomic E-state index is 11.6. The van der Waals surface area contributed by atoms with Gasteiger partial charge in [0.1, 0.15) is 5.60 Å². The number of carbonyl (C=O) groups excluding carboxylic acids is 1. The van der Waals surface area contributed by atoms with E-state index >= 15 is 0 Å². The maximum Gasteiger partial charge on any atom is 0.407 e. The number of halogens is 1. The SMILES string of the molecule is CC(C)(C)OC(=O)NCC1CCCC(CNI)C1. The minimum Gasteiger partial charge on any atom is -0.444 e. The predicted molar refractivity (Wildman–Crippen MR) is 81.7 cm³/mol. The molecule has 4 nitrogen and oxygen atoms in total. The summed E-state index contributed by atoms with van der Waals surface area (Å²) in [6.07, 6.45) is 4.69. The van der Waals surface area contributed by atoms with Gasteiger partial charge in [0.25, 0.3) is 0 Å². The van der Waals surface area contributed by atoms with Crippen molar-refractivity contribution < 1.29 is 9.53 Å². The summed E-state index contributed by atoms with van der Waals surface area (Å²) < 4.78 is 8.45. The van der Waals surface area contributed by atoms with Gasteiger partial charge in [0, 0.05) is 36.0 Å². The fraction of sp³-hybridized carbons (Fsp3) is 0.923. The molecular weight excluding hydrogens is 343 g/mol. The molecule has 0 aromatic carbocycles. The molecule has 1 saturated carbocycles. The average Bonchev–Trinajstić information content (AvgIpc) is 2.25. The normalized spacial score (nSPS) is 24.7. The molecule has 1 aliphatic carbocycles.